The van der Waals surface area contributed by atoms with E-state index in [9.17, 15) is 0 Å². The van der Waals surface area contributed by atoms with Gasteiger partial charge < -0.3 is 0 Å². The maximum Gasteiger partial charge on any atom is 0.0187 e. The second-order valence-electron chi connectivity index (χ2n) is 2.57. The maximum absolute atomic E-state index is 2.25. The largest absolute Gasteiger partial charge is 0.157 e. The fourth-order valence-electron chi connectivity index (χ4n) is 1.31. The van der Waals surface area contributed by atoms with E-state index in [1.54, 1.807) is 11.1 Å². The molecule has 0 fully saturated rings. The van der Waals surface area contributed by atoms with Crippen LogP contribution in [0.25, 0.3) is 0 Å². The third-order valence-corrected chi connectivity index (χ3v) is 2.90. The average molecular weight is 210 g/mol. The van der Waals surface area contributed by atoms with Gasteiger partial charge >= 0.3 is 0 Å². The first-order valence-corrected chi connectivity index (χ1v) is 6.77. The minimum atomic E-state index is 1.22. The number of aryl methyl sites for hydroxylation is 1. The molecule has 2 rings (SSSR count). The fourth-order valence-corrected chi connectivity index (χ4v) is 2.32. The van der Waals surface area contributed by atoms with Gasteiger partial charge in [-0.15, -0.1) is 0 Å². The molecule has 0 atom stereocenters. The van der Waals surface area contributed by atoms with Crippen molar-refractivity contribution in [3.8, 4) is 0 Å². The molecule has 0 nitrogen and oxygen atoms in total. The Hall–Kier alpha value is -0.430. The lowest BCUT2D eigenvalue weighted by atomic mass is 10.1. The Morgan fingerprint density at radius 2 is 1.50 bits per heavy atom. The third-order valence-electron chi connectivity index (χ3n) is 1.89. The highest BCUT2D eigenvalue weighted by atomic mass is 32.2. The highest BCUT2D eigenvalue weighted by Crippen LogP contribution is 2.23. The van der Waals surface area contributed by atoms with Crippen LogP contribution in [0.5, 0.6) is 0 Å². The minimum Gasteiger partial charge on any atom is -0.157 e. The van der Waals surface area contributed by atoms with Gasteiger partial charge in [0.1, 0.15) is 0 Å². The van der Waals surface area contributed by atoms with Crippen LogP contribution in [-0.4, -0.2) is 5.75 Å². The van der Waals surface area contributed by atoms with Crippen LogP contribution >= 0.6 is 11.8 Å². The number of fused-ring (bicyclic) bond motifs is 1. The summed E-state index contributed by atoms with van der Waals surface area (Å²) >= 11 is 2.04. The van der Waals surface area contributed by atoms with Crippen LogP contribution < -0.4 is 0 Å². The topological polar surface area (TPSA) is 0 Å². The molecule has 1 heteroatoms. The summed E-state index contributed by atoms with van der Waals surface area (Å²) in [7, 11) is 0. The van der Waals surface area contributed by atoms with E-state index >= 15 is 0 Å². The van der Waals surface area contributed by atoms with Gasteiger partial charge in [-0.25, -0.2) is 0 Å². The lowest BCUT2D eigenvalue weighted by Crippen LogP contribution is -2.00. The molecule has 80 valence electrons. The molecule has 0 unspecified atom stereocenters. The van der Waals surface area contributed by atoms with Gasteiger partial charge in [0.05, 0.1) is 0 Å². The molecule has 1 aromatic rings. The number of hydrogen-bond donors (Lipinski definition) is 0. The van der Waals surface area contributed by atoms with Gasteiger partial charge in [0, 0.05) is 5.75 Å². The predicted octanol–water partition coefficient (Wildman–Crippen LogP) is 4.53. The molecule has 1 aliphatic heterocycles. The Morgan fingerprint density at radius 1 is 0.929 bits per heavy atom. The summed E-state index contributed by atoms with van der Waals surface area (Å²) in [6.45, 7) is 8.00. The van der Waals surface area contributed by atoms with Crippen molar-refractivity contribution in [3.63, 3.8) is 0 Å². The average Bonchev–Trinajstić information content (AvgIpc) is 2.34. The monoisotopic (exact) mass is 210 g/mol. The number of thioether (sulfide) groups is 1. The van der Waals surface area contributed by atoms with Crippen molar-refractivity contribution in [1.82, 2.24) is 0 Å². The van der Waals surface area contributed by atoms with E-state index in [-0.39, 0.29) is 0 Å². The Balaban J connectivity index is 0.000000379. The van der Waals surface area contributed by atoms with E-state index in [2.05, 4.69) is 24.3 Å². The standard InChI is InChI=1S/C9H10S.2C2H6/c1-2-4-9-7-10-6-5-8(9)3-1;2*1-2/h1-4H,5-7H2;2*1-2H3. The molecule has 0 N–H and O–H groups in total. The van der Waals surface area contributed by atoms with Crippen molar-refractivity contribution >= 4 is 11.8 Å². The van der Waals surface area contributed by atoms with E-state index in [0.29, 0.717) is 0 Å². The third kappa shape index (κ3) is 4.19. The normalized spacial score (nSPS) is 12.6. The molecule has 0 aliphatic carbocycles. The molecule has 1 aromatic carbocycles. The summed E-state index contributed by atoms with van der Waals surface area (Å²) in [5, 5.41) is 0. The van der Waals surface area contributed by atoms with Crippen LogP contribution in [0.4, 0.5) is 0 Å². The van der Waals surface area contributed by atoms with E-state index in [0.717, 1.165) is 0 Å². The Morgan fingerprint density at radius 3 is 2.07 bits per heavy atom. The molecule has 0 saturated heterocycles. The van der Waals surface area contributed by atoms with Crippen LogP contribution in [0.3, 0.4) is 0 Å². The summed E-state index contributed by atoms with van der Waals surface area (Å²) in [5.74, 6) is 2.52. The molecule has 0 saturated carbocycles. The lowest BCUT2D eigenvalue weighted by molar-refractivity contribution is 1.09. The highest BCUT2D eigenvalue weighted by molar-refractivity contribution is 7.98. The van der Waals surface area contributed by atoms with E-state index in [4.69, 9.17) is 0 Å². The van der Waals surface area contributed by atoms with Crippen molar-refractivity contribution in [2.24, 2.45) is 0 Å². The molecule has 0 bridgehead atoms. The Labute approximate surface area is 93.1 Å². The Bertz CT molecular complexity index is 205. The first-order valence-electron chi connectivity index (χ1n) is 5.61. The molecule has 1 heterocycles. The van der Waals surface area contributed by atoms with E-state index in [1.165, 1.54) is 17.9 Å². The summed E-state index contributed by atoms with van der Waals surface area (Å²) in [5.41, 5.74) is 3.10. The van der Waals surface area contributed by atoms with Gasteiger partial charge in [-0.05, 0) is 23.3 Å². The van der Waals surface area contributed by atoms with Gasteiger partial charge in [0.15, 0.2) is 0 Å². The lowest BCUT2D eigenvalue weighted by Gasteiger charge is -2.13. The summed E-state index contributed by atoms with van der Waals surface area (Å²) in [6.07, 6.45) is 1.26. The molecule has 0 aromatic heterocycles. The van der Waals surface area contributed by atoms with Crippen LogP contribution in [-0.2, 0) is 12.2 Å². The molecule has 1 aliphatic rings. The van der Waals surface area contributed by atoms with Crippen LogP contribution in [0.15, 0.2) is 24.3 Å². The molecule has 14 heavy (non-hydrogen) atoms. The van der Waals surface area contributed by atoms with Crippen molar-refractivity contribution < 1.29 is 0 Å². The Kier molecular flexibility index (Phi) is 8.86. The second-order valence-corrected chi connectivity index (χ2v) is 3.68. The SMILES string of the molecule is CC.CC.c1ccc2c(c1)CCSC2. The van der Waals surface area contributed by atoms with Gasteiger partial charge in [0.25, 0.3) is 0 Å². The number of hydrogen-bond acceptors (Lipinski definition) is 1. The molecule has 0 spiro atoms. The van der Waals surface area contributed by atoms with Gasteiger partial charge in [0.2, 0.25) is 0 Å². The van der Waals surface area contributed by atoms with Crippen LogP contribution in [0, 0.1) is 0 Å². The highest BCUT2D eigenvalue weighted by Gasteiger charge is 2.06. The van der Waals surface area contributed by atoms with Crippen LogP contribution in [0.2, 0.25) is 0 Å². The molecular weight excluding hydrogens is 188 g/mol. The minimum absolute atomic E-state index is 1.22. The van der Waals surface area contributed by atoms with Crippen molar-refractivity contribution in [2.45, 2.75) is 39.9 Å². The van der Waals surface area contributed by atoms with Gasteiger partial charge in [-0.2, -0.15) is 11.8 Å². The second kappa shape index (κ2) is 9.14. The zero-order chi connectivity index (χ0) is 10.8. The smallest absolute Gasteiger partial charge is 0.0187 e. The molecular formula is C13H22S. The van der Waals surface area contributed by atoms with E-state index in [1.807, 2.05) is 39.5 Å². The maximum atomic E-state index is 2.25. The summed E-state index contributed by atoms with van der Waals surface area (Å²) in [6, 6.07) is 8.75. The zero-order valence-electron chi connectivity index (χ0n) is 9.84. The zero-order valence-corrected chi connectivity index (χ0v) is 10.7. The number of rotatable bonds is 0. The van der Waals surface area contributed by atoms with Crippen LogP contribution in [0.1, 0.15) is 38.8 Å². The molecule has 0 amide bonds. The van der Waals surface area contributed by atoms with E-state index < -0.39 is 0 Å². The van der Waals surface area contributed by atoms with Crippen molar-refractivity contribution in [3.05, 3.63) is 35.4 Å². The quantitative estimate of drug-likeness (QED) is 0.606. The van der Waals surface area contributed by atoms with Gasteiger partial charge in [-0.3, -0.25) is 0 Å². The van der Waals surface area contributed by atoms with Crippen molar-refractivity contribution in [1.29, 1.82) is 0 Å². The predicted molar refractivity (Wildman–Crippen MR) is 69.0 cm³/mol. The fraction of sp³-hybridized carbons (Fsp3) is 0.538. The van der Waals surface area contributed by atoms with Crippen molar-refractivity contribution in [2.75, 3.05) is 5.75 Å². The number of benzene rings is 1. The first-order chi connectivity index (χ1) is 6.97. The summed E-state index contributed by atoms with van der Waals surface area (Å²) in [4.78, 5) is 0. The first kappa shape index (κ1) is 13.6. The summed E-state index contributed by atoms with van der Waals surface area (Å²) < 4.78 is 0. The van der Waals surface area contributed by atoms with Gasteiger partial charge in [-0.1, -0.05) is 52.0 Å². The molecule has 0 radical (unpaired) electrons.